The maximum atomic E-state index is 12.6. The molecule has 0 bridgehead atoms. The molecular formula is C21H20O7. The van der Waals surface area contributed by atoms with E-state index in [9.17, 15) is 9.59 Å². The van der Waals surface area contributed by atoms with Gasteiger partial charge in [0.15, 0.2) is 12.4 Å². The fourth-order valence-electron chi connectivity index (χ4n) is 2.70. The third kappa shape index (κ3) is 4.09. The van der Waals surface area contributed by atoms with Gasteiger partial charge in [-0.3, -0.25) is 4.79 Å². The molecule has 1 aliphatic rings. The first-order valence-corrected chi connectivity index (χ1v) is 8.64. The van der Waals surface area contributed by atoms with Crippen LogP contribution in [0.15, 0.2) is 42.2 Å². The van der Waals surface area contributed by atoms with Crippen molar-refractivity contribution in [3.05, 3.63) is 53.3 Å². The minimum atomic E-state index is -0.467. The average Bonchev–Trinajstić information content (AvgIpc) is 3.01. The lowest BCUT2D eigenvalue weighted by Crippen LogP contribution is -2.14. The molecule has 0 saturated carbocycles. The summed E-state index contributed by atoms with van der Waals surface area (Å²) in [5.74, 6) is 1.41. The summed E-state index contributed by atoms with van der Waals surface area (Å²) in [6.45, 7) is 1.79. The summed E-state index contributed by atoms with van der Waals surface area (Å²) in [6, 6.07) is 10.0. The summed E-state index contributed by atoms with van der Waals surface area (Å²) in [5.41, 5.74) is 1.06. The Kier molecular flexibility index (Phi) is 5.84. The predicted octanol–water partition coefficient (Wildman–Crippen LogP) is 3.26. The quantitative estimate of drug-likeness (QED) is 0.535. The Morgan fingerprint density at radius 2 is 1.86 bits per heavy atom. The maximum Gasteiger partial charge on any atom is 0.344 e. The van der Waals surface area contributed by atoms with Gasteiger partial charge in [0.2, 0.25) is 5.78 Å². The number of ketones is 1. The number of ether oxygens (including phenoxy) is 5. The van der Waals surface area contributed by atoms with E-state index in [0.717, 1.165) is 0 Å². The van der Waals surface area contributed by atoms with Crippen LogP contribution >= 0.6 is 0 Å². The summed E-state index contributed by atoms with van der Waals surface area (Å²) in [7, 11) is 3.10. The Morgan fingerprint density at radius 1 is 1.07 bits per heavy atom. The van der Waals surface area contributed by atoms with E-state index in [1.807, 2.05) is 0 Å². The molecule has 1 heterocycles. The van der Waals surface area contributed by atoms with Crippen molar-refractivity contribution in [3.8, 4) is 23.0 Å². The van der Waals surface area contributed by atoms with Gasteiger partial charge in [-0.1, -0.05) is 0 Å². The zero-order valence-electron chi connectivity index (χ0n) is 15.8. The molecule has 0 N–H and O–H groups in total. The van der Waals surface area contributed by atoms with Gasteiger partial charge in [0.1, 0.15) is 23.0 Å². The smallest absolute Gasteiger partial charge is 0.344 e. The van der Waals surface area contributed by atoms with E-state index in [0.29, 0.717) is 34.1 Å². The molecule has 0 radical (unpaired) electrons. The van der Waals surface area contributed by atoms with Gasteiger partial charge in [-0.05, 0) is 43.3 Å². The lowest BCUT2D eigenvalue weighted by atomic mass is 10.1. The second-order valence-electron chi connectivity index (χ2n) is 5.80. The van der Waals surface area contributed by atoms with Gasteiger partial charge in [-0.15, -0.1) is 0 Å². The molecule has 0 fully saturated rings. The molecule has 7 heteroatoms. The second kappa shape index (κ2) is 8.47. The highest BCUT2D eigenvalue weighted by molar-refractivity contribution is 6.14. The van der Waals surface area contributed by atoms with E-state index in [1.165, 1.54) is 0 Å². The molecule has 146 valence electrons. The molecule has 0 spiro atoms. The van der Waals surface area contributed by atoms with Crippen molar-refractivity contribution in [3.63, 3.8) is 0 Å². The zero-order chi connectivity index (χ0) is 20.1. The Hall–Kier alpha value is -3.48. The molecule has 0 saturated heterocycles. The van der Waals surface area contributed by atoms with Gasteiger partial charge in [0, 0.05) is 11.6 Å². The maximum absolute atomic E-state index is 12.6. The highest BCUT2D eigenvalue weighted by atomic mass is 16.6. The van der Waals surface area contributed by atoms with Crippen molar-refractivity contribution in [2.45, 2.75) is 6.92 Å². The van der Waals surface area contributed by atoms with Gasteiger partial charge in [-0.25, -0.2) is 4.79 Å². The first-order chi connectivity index (χ1) is 13.5. The van der Waals surface area contributed by atoms with Crippen LogP contribution < -0.4 is 18.9 Å². The Labute approximate surface area is 162 Å². The van der Waals surface area contributed by atoms with Gasteiger partial charge in [0.25, 0.3) is 0 Å². The van der Waals surface area contributed by atoms with Crippen LogP contribution in [0.25, 0.3) is 6.08 Å². The fourth-order valence-corrected chi connectivity index (χ4v) is 2.70. The van der Waals surface area contributed by atoms with Gasteiger partial charge >= 0.3 is 5.97 Å². The van der Waals surface area contributed by atoms with Gasteiger partial charge in [-0.2, -0.15) is 0 Å². The largest absolute Gasteiger partial charge is 0.497 e. The fraction of sp³-hybridized carbons (Fsp3) is 0.238. The Morgan fingerprint density at radius 3 is 2.57 bits per heavy atom. The number of allylic oxidation sites excluding steroid dienone is 1. The molecular weight excluding hydrogens is 364 g/mol. The predicted molar refractivity (Wildman–Crippen MR) is 101 cm³/mol. The first kappa shape index (κ1) is 19.3. The van der Waals surface area contributed by atoms with Crippen molar-refractivity contribution in [2.75, 3.05) is 27.4 Å². The number of esters is 1. The van der Waals surface area contributed by atoms with Crippen LogP contribution in [-0.4, -0.2) is 39.2 Å². The van der Waals surface area contributed by atoms with Crippen LogP contribution in [0.2, 0.25) is 0 Å². The van der Waals surface area contributed by atoms with Crippen LogP contribution in [0.5, 0.6) is 23.0 Å². The molecule has 1 aliphatic heterocycles. The molecule has 2 aromatic carbocycles. The third-order valence-electron chi connectivity index (χ3n) is 4.03. The summed E-state index contributed by atoms with van der Waals surface area (Å²) < 4.78 is 26.5. The molecule has 0 aliphatic carbocycles. The monoisotopic (exact) mass is 384 g/mol. The number of hydrogen-bond donors (Lipinski definition) is 0. The van der Waals surface area contributed by atoms with Crippen molar-refractivity contribution in [1.29, 1.82) is 0 Å². The lowest BCUT2D eigenvalue weighted by Gasteiger charge is -2.08. The number of carbonyl (C=O) groups excluding carboxylic acids is 2. The first-order valence-electron chi connectivity index (χ1n) is 8.64. The number of rotatable bonds is 7. The minimum Gasteiger partial charge on any atom is -0.497 e. The summed E-state index contributed by atoms with van der Waals surface area (Å²) >= 11 is 0. The SMILES string of the molecule is CCOC(=O)COc1ccc2c(c1)OC(=Cc1cc(OC)ccc1OC)C2=O. The highest BCUT2D eigenvalue weighted by Crippen LogP contribution is 2.36. The van der Waals surface area contributed by atoms with Crippen molar-refractivity contribution in [1.82, 2.24) is 0 Å². The summed E-state index contributed by atoms with van der Waals surface area (Å²) in [5, 5.41) is 0. The van der Waals surface area contributed by atoms with Crippen LogP contribution in [0.4, 0.5) is 0 Å². The average molecular weight is 384 g/mol. The van der Waals surface area contributed by atoms with E-state index >= 15 is 0 Å². The van der Waals surface area contributed by atoms with Crippen molar-refractivity contribution < 1.29 is 33.3 Å². The molecule has 2 aromatic rings. The highest BCUT2D eigenvalue weighted by Gasteiger charge is 2.28. The van der Waals surface area contributed by atoms with Crippen LogP contribution in [-0.2, 0) is 9.53 Å². The molecule has 28 heavy (non-hydrogen) atoms. The molecule has 3 rings (SSSR count). The second-order valence-corrected chi connectivity index (χ2v) is 5.80. The minimum absolute atomic E-state index is 0.157. The number of fused-ring (bicyclic) bond motifs is 1. The number of methoxy groups -OCH3 is 2. The third-order valence-corrected chi connectivity index (χ3v) is 4.03. The van der Waals surface area contributed by atoms with Crippen molar-refractivity contribution >= 4 is 17.8 Å². The van der Waals surface area contributed by atoms with Crippen molar-refractivity contribution in [2.24, 2.45) is 0 Å². The Balaban J connectivity index is 1.82. The zero-order valence-corrected chi connectivity index (χ0v) is 15.8. The molecule has 0 unspecified atom stereocenters. The number of hydrogen-bond acceptors (Lipinski definition) is 7. The van der Waals surface area contributed by atoms with Crippen LogP contribution in [0.3, 0.4) is 0 Å². The Bertz CT molecular complexity index is 930. The molecule has 0 amide bonds. The van der Waals surface area contributed by atoms with E-state index in [-0.39, 0.29) is 24.8 Å². The van der Waals surface area contributed by atoms with E-state index in [1.54, 1.807) is 63.6 Å². The molecule has 7 nitrogen and oxygen atoms in total. The standard InChI is InChI=1S/C21H20O7/c1-4-26-20(22)12-27-15-5-7-16-18(11-15)28-19(21(16)23)10-13-9-14(24-2)6-8-17(13)25-3/h5-11H,4,12H2,1-3H3. The molecule has 0 atom stereocenters. The van der Waals surface area contributed by atoms with Gasteiger partial charge < -0.3 is 23.7 Å². The van der Waals surface area contributed by atoms with E-state index < -0.39 is 5.97 Å². The number of carbonyl (C=O) groups is 2. The number of Topliss-reactive ketones (excluding diaryl/α,β-unsaturated/α-hetero) is 1. The summed E-state index contributed by atoms with van der Waals surface area (Å²) in [6.07, 6.45) is 1.60. The van der Waals surface area contributed by atoms with E-state index in [4.69, 9.17) is 23.7 Å². The van der Waals surface area contributed by atoms with Gasteiger partial charge in [0.05, 0.1) is 26.4 Å². The normalized spacial score (nSPS) is 13.7. The lowest BCUT2D eigenvalue weighted by molar-refractivity contribution is -0.145. The summed E-state index contributed by atoms with van der Waals surface area (Å²) in [4.78, 5) is 24.0. The topological polar surface area (TPSA) is 80.3 Å². The molecule has 0 aromatic heterocycles. The van der Waals surface area contributed by atoms with Crippen LogP contribution in [0.1, 0.15) is 22.8 Å². The van der Waals surface area contributed by atoms with E-state index in [2.05, 4.69) is 0 Å². The van der Waals surface area contributed by atoms with Crippen LogP contribution in [0, 0.1) is 0 Å². The number of benzene rings is 2.